The third-order valence-electron chi connectivity index (χ3n) is 3.38. The number of hydrogen-bond donors (Lipinski definition) is 1. The Kier molecular flexibility index (Phi) is 2.11. The molecular weight excluding hydrogens is 216 g/mol. The molecule has 17 heavy (non-hydrogen) atoms. The molecular formula is C13H14N2O2. The van der Waals surface area contributed by atoms with Crippen molar-refractivity contribution in [3.63, 3.8) is 0 Å². The number of methoxy groups -OCH3 is 1. The second-order valence-corrected chi connectivity index (χ2v) is 4.35. The number of anilines is 1. The molecule has 1 aromatic heterocycles. The number of ether oxygens (including phenoxy) is 1. The van der Waals surface area contributed by atoms with Crippen LogP contribution in [-0.2, 0) is 17.7 Å². The molecule has 0 fully saturated rings. The minimum Gasteiger partial charge on any atom is -0.465 e. The highest BCUT2D eigenvalue weighted by Gasteiger charge is 2.22. The Bertz CT molecular complexity index is 613. The first-order valence-electron chi connectivity index (χ1n) is 5.71. The van der Waals surface area contributed by atoms with Gasteiger partial charge in [-0.3, -0.25) is 0 Å². The second-order valence-electron chi connectivity index (χ2n) is 4.35. The van der Waals surface area contributed by atoms with Crippen LogP contribution in [0.25, 0.3) is 10.9 Å². The summed E-state index contributed by atoms with van der Waals surface area (Å²) in [5.41, 5.74) is 9.08. The Balaban J connectivity index is 2.38. The minimum atomic E-state index is -0.360. The van der Waals surface area contributed by atoms with E-state index in [1.165, 1.54) is 12.8 Å². The van der Waals surface area contributed by atoms with E-state index in [-0.39, 0.29) is 5.97 Å². The average Bonchev–Trinajstić information content (AvgIpc) is 2.88. The monoisotopic (exact) mass is 230 g/mol. The van der Waals surface area contributed by atoms with Crippen LogP contribution >= 0.6 is 0 Å². The van der Waals surface area contributed by atoms with Crippen LogP contribution in [-0.4, -0.2) is 17.6 Å². The van der Waals surface area contributed by atoms with Crippen molar-refractivity contribution in [2.45, 2.75) is 19.4 Å². The number of aromatic nitrogens is 1. The number of carbonyl (C=O) groups is 1. The van der Waals surface area contributed by atoms with E-state index in [0.717, 1.165) is 30.3 Å². The molecule has 2 N–H and O–H groups in total. The van der Waals surface area contributed by atoms with Crippen molar-refractivity contribution < 1.29 is 9.53 Å². The van der Waals surface area contributed by atoms with Gasteiger partial charge in [0.1, 0.15) is 5.56 Å². The molecule has 0 amide bonds. The summed E-state index contributed by atoms with van der Waals surface area (Å²) in [6.07, 6.45) is 2.19. The molecule has 1 aliphatic heterocycles. The van der Waals surface area contributed by atoms with Crippen molar-refractivity contribution in [3.8, 4) is 0 Å². The summed E-state index contributed by atoms with van der Waals surface area (Å²) < 4.78 is 7.00. The molecule has 0 atom stereocenters. The van der Waals surface area contributed by atoms with E-state index in [9.17, 15) is 4.79 Å². The smallest absolute Gasteiger partial charge is 0.342 e. The maximum Gasteiger partial charge on any atom is 0.342 e. The molecule has 0 bridgehead atoms. The lowest BCUT2D eigenvalue weighted by atomic mass is 10.1. The second kappa shape index (κ2) is 3.52. The van der Waals surface area contributed by atoms with Gasteiger partial charge in [0.05, 0.1) is 12.6 Å². The Labute approximate surface area is 99.0 Å². The standard InChI is InChI=1S/C13H14N2O2/c1-17-13(16)11-10(14)5-4-8-7-9-3-2-6-15(9)12(8)11/h4-5,7H,2-3,6,14H2,1H3. The number of hydrogen-bond acceptors (Lipinski definition) is 3. The van der Waals surface area contributed by atoms with Gasteiger partial charge in [0.25, 0.3) is 0 Å². The lowest BCUT2D eigenvalue weighted by molar-refractivity contribution is 0.0603. The fourth-order valence-electron chi connectivity index (χ4n) is 2.63. The van der Waals surface area contributed by atoms with Crippen molar-refractivity contribution >= 4 is 22.6 Å². The number of nitrogen functional groups attached to an aromatic ring is 1. The fraction of sp³-hybridized carbons (Fsp3) is 0.308. The van der Waals surface area contributed by atoms with Crippen molar-refractivity contribution in [1.82, 2.24) is 4.57 Å². The highest BCUT2D eigenvalue weighted by atomic mass is 16.5. The van der Waals surface area contributed by atoms with E-state index in [1.54, 1.807) is 6.07 Å². The largest absolute Gasteiger partial charge is 0.465 e. The van der Waals surface area contributed by atoms with Crippen LogP contribution in [0.3, 0.4) is 0 Å². The topological polar surface area (TPSA) is 57.2 Å². The number of nitrogens with two attached hydrogens (primary N) is 1. The first-order valence-corrected chi connectivity index (χ1v) is 5.71. The maximum absolute atomic E-state index is 11.8. The molecule has 0 saturated carbocycles. The zero-order chi connectivity index (χ0) is 12.0. The van der Waals surface area contributed by atoms with Gasteiger partial charge < -0.3 is 15.0 Å². The zero-order valence-electron chi connectivity index (χ0n) is 9.69. The molecule has 0 radical (unpaired) electrons. The van der Waals surface area contributed by atoms with Gasteiger partial charge in [0.15, 0.2) is 0 Å². The lowest BCUT2D eigenvalue weighted by Gasteiger charge is -2.08. The van der Waals surface area contributed by atoms with E-state index in [0.29, 0.717) is 11.3 Å². The van der Waals surface area contributed by atoms with Crippen LogP contribution in [0.5, 0.6) is 0 Å². The van der Waals surface area contributed by atoms with Gasteiger partial charge in [-0.05, 0) is 25.0 Å². The number of fused-ring (bicyclic) bond motifs is 3. The normalized spacial score (nSPS) is 13.9. The van der Waals surface area contributed by atoms with Gasteiger partial charge in [0, 0.05) is 23.3 Å². The van der Waals surface area contributed by atoms with E-state index < -0.39 is 0 Å². The Morgan fingerprint density at radius 3 is 3.06 bits per heavy atom. The predicted octanol–water partition coefficient (Wildman–Crippen LogP) is 1.96. The van der Waals surface area contributed by atoms with Crippen molar-refractivity contribution in [3.05, 3.63) is 29.5 Å². The van der Waals surface area contributed by atoms with Crippen LogP contribution < -0.4 is 5.73 Å². The molecule has 0 unspecified atom stereocenters. The third-order valence-corrected chi connectivity index (χ3v) is 3.38. The number of aryl methyl sites for hydroxylation is 2. The maximum atomic E-state index is 11.8. The van der Waals surface area contributed by atoms with Gasteiger partial charge in [-0.2, -0.15) is 0 Å². The summed E-state index contributed by atoms with van der Waals surface area (Å²) in [6.45, 7) is 0.951. The Morgan fingerprint density at radius 2 is 2.29 bits per heavy atom. The first kappa shape index (κ1) is 10.2. The number of esters is 1. The Morgan fingerprint density at radius 1 is 1.47 bits per heavy atom. The summed E-state index contributed by atoms with van der Waals surface area (Å²) in [5, 5.41) is 1.06. The van der Waals surface area contributed by atoms with Crippen LogP contribution in [0, 0.1) is 0 Å². The number of carbonyl (C=O) groups excluding carboxylic acids is 1. The number of nitrogens with zero attached hydrogens (tertiary/aromatic N) is 1. The molecule has 1 aliphatic rings. The highest BCUT2D eigenvalue weighted by molar-refractivity contribution is 6.08. The molecule has 3 rings (SSSR count). The highest BCUT2D eigenvalue weighted by Crippen LogP contribution is 2.31. The lowest BCUT2D eigenvalue weighted by Crippen LogP contribution is -2.08. The summed E-state index contributed by atoms with van der Waals surface area (Å²) >= 11 is 0. The minimum absolute atomic E-state index is 0.360. The molecule has 4 heteroatoms. The first-order chi connectivity index (χ1) is 8.22. The van der Waals surface area contributed by atoms with E-state index in [1.807, 2.05) is 6.07 Å². The summed E-state index contributed by atoms with van der Waals surface area (Å²) in [4.78, 5) is 11.8. The van der Waals surface area contributed by atoms with Gasteiger partial charge >= 0.3 is 5.97 Å². The van der Waals surface area contributed by atoms with Crippen LogP contribution in [0.15, 0.2) is 18.2 Å². The van der Waals surface area contributed by atoms with Crippen LogP contribution in [0.4, 0.5) is 5.69 Å². The molecule has 4 nitrogen and oxygen atoms in total. The zero-order valence-corrected chi connectivity index (χ0v) is 9.69. The third kappa shape index (κ3) is 1.33. The Hall–Kier alpha value is -1.97. The van der Waals surface area contributed by atoms with E-state index >= 15 is 0 Å². The molecule has 88 valence electrons. The molecule has 0 aliphatic carbocycles. The van der Waals surface area contributed by atoms with Crippen molar-refractivity contribution in [2.24, 2.45) is 0 Å². The predicted molar refractivity (Wildman–Crippen MR) is 66.0 cm³/mol. The summed E-state index contributed by atoms with van der Waals surface area (Å²) in [7, 11) is 1.38. The summed E-state index contributed by atoms with van der Waals surface area (Å²) in [5.74, 6) is -0.360. The molecule has 0 spiro atoms. The molecule has 2 aromatic rings. The molecule has 0 saturated heterocycles. The average molecular weight is 230 g/mol. The van der Waals surface area contributed by atoms with Crippen LogP contribution in [0.2, 0.25) is 0 Å². The number of benzene rings is 1. The number of rotatable bonds is 1. The van der Waals surface area contributed by atoms with Gasteiger partial charge in [-0.25, -0.2) is 4.79 Å². The van der Waals surface area contributed by atoms with Crippen LogP contribution in [0.1, 0.15) is 22.5 Å². The van der Waals surface area contributed by atoms with Gasteiger partial charge in [-0.15, -0.1) is 0 Å². The van der Waals surface area contributed by atoms with Gasteiger partial charge in [-0.1, -0.05) is 6.07 Å². The van der Waals surface area contributed by atoms with Crippen molar-refractivity contribution in [1.29, 1.82) is 0 Å². The van der Waals surface area contributed by atoms with E-state index in [4.69, 9.17) is 10.5 Å². The van der Waals surface area contributed by atoms with Gasteiger partial charge in [0.2, 0.25) is 0 Å². The van der Waals surface area contributed by atoms with E-state index in [2.05, 4.69) is 10.6 Å². The SMILES string of the molecule is COC(=O)c1c(N)ccc2cc3n(c12)CCC3. The molecule has 2 heterocycles. The summed E-state index contributed by atoms with van der Waals surface area (Å²) in [6, 6.07) is 5.86. The molecule has 1 aromatic carbocycles. The fourth-order valence-corrected chi connectivity index (χ4v) is 2.63. The quantitative estimate of drug-likeness (QED) is 0.601. The van der Waals surface area contributed by atoms with Crippen molar-refractivity contribution in [2.75, 3.05) is 12.8 Å².